The monoisotopic (exact) mass is 337 g/mol. The molecule has 114 valence electrons. The molecular weight excluding hydrogens is 326 g/mol. The Morgan fingerprint density at radius 3 is 2.91 bits per heavy atom. The van der Waals surface area contributed by atoms with Crippen LogP contribution in [0.4, 0.5) is 5.13 Å². The number of anilines is 1. The van der Waals surface area contributed by atoms with Gasteiger partial charge >= 0.3 is 0 Å². The summed E-state index contributed by atoms with van der Waals surface area (Å²) in [6, 6.07) is 1.45. The van der Waals surface area contributed by atoms with Gasteiger partial charge in [-0.05, 0) is 13.8 Å². The molecule has 0 aliphatic carbocycles. The molecule has 9 nitrogen and oxygen atoms in total. The van der Waals surface area contributed by atoms with E-state index < -0.39 is 0 Å². The number of carbonyl (C=O) groups is 1. The predicted molar refractivity (Wildman–Crippen MR) is 82.3 cm³/mol. The maximum absolute atomic E-state index is 11.9. The van der Waals surface area contributed by atoms with Crippen LogP contribution in [0.1, 0.15) is 10.7 Å². The topological polar surface area (TPSA) is 118 Å². The minimum Gasteiger partial charge on any atom is -0.300 e. The highest BCUT2D eigenvalue weighted by molar-refractivity contribution is 7.99. The minimum absolute atomic E-state index is 0.151. The number of rotatable bonds is 4. The quantitative estimate of drug-likeness (QED) is 0.670. The van der Waals surface area contributed by atoms with Gasteiger partial charge in [0.15, 0.2) is 5.16 Å². The second-order valence-electron chi connectivity index (χ2n) is 4.38. The van der Waals surface area contributed by atoms with E-state index in [0.29, 0.717) is 21.8 Å². The molecule has 3 aromatic heterocycles. The Hall–Kier alpha value is -2.27. The first-order valence-electron chi connectivity index (χ1n) is 6.21. The zero-order valence-corrected chi connectivity index (χ0v) is 13.3. The lowest BCUT2D eigenvalue weighted by Crippen LogP contribution is -2.14. The van der Waals surface area contributed by atoms with E-state index in [2.05, 4.69) is 30.7 Å². The standard InChI is InChI=1S/C11H11N7O2S2/c1-5-3-7(19)12-9-15-17-11(18(5)9)21-4-8(20)13-10-16-14-6(2)22-10/h3H,4H2,1-2H3,(H,12,15,19)(H,13,16,20). The first kappa shape index (κ1) is 14.7. The van der Waals surface area contributed by atoms with E-state index in [1.165, 1.54) is 29.2 Å². The molecule has 22 heavy (non-hydrogen) atoms. The van der Waals surface area contributed by atoms with E-state index in [9.17, 15) is 9.59 Å². The summed E-state index contributed by atoms with van der Waals surface area (Å²) in [4.78, 5) is 25.8. The molecule has 0 aliphatic rings. The Morgan fingerprint density at radius 1 is 1.36 bits per heavy atom. The SMILES string of the molecule is Cc1nnc(NC(=O)CSc2nnc3[nH]c(=O)cc(C)n23)s1. The number of hydrogen-bond acceptors (Lipinski definition) is 8. The summed E-state index contributed by atoms with van der Waals surface area (Å²) in [6.07, 6.45) is 0. The van der Waals surface area contributed by atoms with E-state index in [-0.39, 0.29) is 17.2 Å². The van der Waals surface area contributed by atoms with Crippen molar-refractivity contribution in [2.45, 2.75) is 19.0 Å². The third-order valence-corrected chi connectivity index (χ3v) is 4.35. The van der Waals surface area contributed by atoms with Gasteiger partial charge in [0, 0.05) is 11.8 Å². The van der Waals surface area contributed by atoms with E-state index in [0.717, 1.165) is 5.01 Å². The third kappa shape index (κ3) is 2.99. The molecule has 0 aromatic carbocycles. The zero-order chi connectivity index (χ0) is 15.7. The Labute approximate surface area is 132 Å². The molecule has 0 bridgehead atoms. The zero-order valence-electron chi connectivity index (χ0n) is 11.7. The van der Waals surface area contributed by atoms with Gasteiger partial charge in [0.1, 0.15) is 5.01 Å². The largest absolute Gasteiger partial charge is 0.300 e. The van der Waals surface area contributed by atoms with Crippen LogP contribution < -0.4 is 10.9 Å². The van der Waals surface area contributed by atoms with Crippen molar-refractivity contribution in [3.05, 3.63) is 27.1 Å². The molecule has 0 saturated heterocycles. The molecule has 3 aromatic rings. The van der Waals surface area contributed by atoms with Crippen LogP contribution in [0, 0.1) is 13.8 Å². The summed E-state index contributed by atoms with van der Waals surface area (Å²) in [7, 11) is 0. The summed E-state index contributed by atoms with van der Waals surface area (Å²) < 4.78 is 1.69. The Bertz CT molecular complexity index is 897. The number of thioether (sulfide) groups is 1. The smallest absolute Gasteiger partial charge is 0.252 e. The van der Waals surface area contributed by atoms with Crippen molar-refractivity contribution in [2.24, 2.45) is 0 Å². The van der Waals surface area contributed by atoms with Crippen LogP contribution in [0.2, 0.25) is 0 Å². The molecule has 0 saturated carbocycles. The first-order chi connectivity index (χ1) is 10.5. The Balaban J connectivity index is 1.71. The van der Waals surface area contributed by atoms with E-state index in [1.807, 2.05) is 6.92 Å². The molecule has 11 heteroatoms. The number of nitrogens with zero attached hydrogens (tertiary/aromatic N) is 5. The lowest BCUT2D eigenvalue weighted by Gasteiger charge is -2.02. The number of fused-ring (bicyclic) bond motifs is 1. The molecule has 3 rings (SSSR count). The first-order valence-corrected chi connectivity index (χ1v) is 8.01. The molecule has 2 N–H and O–H groups in total. The molecular formula is C11H11N7O2S2. The fraction of sp³-hybridized carbons (Fsp3) is 0.273. The summed E-state index contributed by atoms with van der Waals surface area (Å²) >= 11 is 2.53. The number of hydrogen-bond donors (Lipinski definition) is 2. The summed E-state index contributed by atoms with van der Waals surface area (Å²) in [5.41, 5.74) is 0.463. The van der Waals surface area contributed by atoms with E-state index in [4.69, 9.17) is 0 Å². The number of aromatic nitrogens is 6. The molecule has 0 atom stereocenters. The summed E-state index contributed by atoms with van der Waals surface area (Å²) in [5.74, 6) is 0.297. The number of amides is 1. The predicted octanol–water partition coefficient (Wildman–Crippen LogP) is 0.617. The van der Waals surface area contributed by atoms with Gasteiger partial charge in [0.2, 0.25) is 16.8 Å². The van der Waals surface area contributed by atoms with Crippen LogP contribution in [0.25, 0.3) is 5.78 Å². The molecule has 0 aliphatic heterocycles. The molecule has 3 heterocycles. The maximum Gasteiger partial charge on any atom is 0.252 e. The van der Waals surface area contributed by atoms with Crippen LogP contribution in [0.5, 0.6) is 0 Å². The highest BCUT2D eigenvalue weighted by atomic mass is 32.2. The third-order valence-electron chi connectivity index (χ3n) is 2.67. The van der Waals surface area contributed by atoms with Crippen LogP contribution in [-0.2, 0) is 4.79 Å². The number of H-pyrrole nitrogens is 1. The highest BCUT2D eigenvalue weighted by Crippen LogP contribution is 2.18. The van der Waals surface area contributed by atoms with Gasteiger partial charge in [0.25, 0.3) is 5.56 Å². The van der Waals surface area contributed by atoms with Gasteiger partial charge in [-0.25, -0.2) is 0 Å². The fourth-order valence-corrected chi connectivity index (χ4v) is 3.19. The van der Waals surface area contributed by atoms with Crippen LogP contribution >= 0.6 is 23.1 Å². The molecule has 0 radical (unpaired) electrons. The van der Waals surface area contributed by atoms with Crippen molar-refractivity contribution in [3.63, 3.8) is 0 Å². The average Bonchev–Trinajstić information content (AvgIpc) is 3.03. The summed E-state index contributed by atoms with van der Waals surface area (Å²) in [6.45, 7) is 3.59. The molecule has 1 amide bonds. The molecule has 0 spiro atoms. The van der Waals surface area contributed by atoms with Gasteiger partial charge in [-0.3, -0.25) is 24.3 Å². The molecule has 0 fully saturated rings. The maximum atomic E-state index is 11.9. The fourth-order valence-electron chi connectivity index (χ4n) is 1.80. The van der Waals surface area contributed by atoms with E-state index in [1.54, 1.807) is 11.3 Å². The lowest BCUT2D eigenvalue weighted by molar-refractivity contribution is -0.113. The normalized spacial score (nSPS) is 11.0. The average molecular weight is 337 g/mol. The second-order valence-corrected chi connectivity index (χ2v) is 6.50. The number of aromatic amines is 1. The lowest BCUT2D eigenvalue weighted by atomic mass is 10.4. The van der Waals surface area contributed by atoms with Gasteiger partial charge in [-0.15, -0.1) is 20.4 Å². The van der Waals surface area contributed by atoms with Gasteiger partial charge in [0.05, 0.1) is 5.75 Å². The van der Waals surface area contributed by atoms with Crippen molar-refractivity contribution in [1.82, 2.24) is 29.8 Å². The van der Waals surface area contributed by atoms with Crippen molar-refractivity contribution in [2.75, 3.05) is 11.1 Å². The minimum atomic E-state index is -0.238. The summed E-state index contributed by atoms with van der Waals surface area (Å²) in [5, 5.41) is 20.0. The van der Waals surface area contributed by atoms with Crippen LogP contribution in [0.15, 0.2) is 16.0 Å². The van der Waals surface area contributed by atoms with Crippen molar-refractivity contribution in [1.29, 1.82) is 0 Å². The molecule has 0 unspecified atom stereocenters. The van der Waals surface area contributed by atoms with Gasteiger partial charge in [-0.2, -0.15) is 0 Å². The van der Waals surface area contributed by atoms with Crippen molar-refractivity contribution >= 4 is 39.9 Å². The number of carbonyl (C=O) groups excluding carboxylic acids is 1. The van der Waals surface area contributed by atoms with Crippen molar-refractivity contribution in [3.8, 4) is 0 Å². The van der Waals surface area contributed by atoms with Crippen LogP contribution in [0.3, 0.4) is 0 Å². The Morgan fingerprint density at radius 2 is 2.18 bits per heavy atom. The second kappa shape index (κ2) is 5.85. The van der Waals surface area contributed by atoms with Crippen LogP contribution in [-0.4, -0.2) is 41.4 Å². The Kier molecular flexibility index (Phi) is 3.90. The van der Waals surface area contributed by atoms with E-state index >= 15 is 0 Å². The number of aryl methyl sites for hydroxylation is 2. The number of nitrogens with one attached hydrogen (secondary N) is 2. The van der Waals surface area contributed by atoms with Gasteiger partial charge in [-0.1, -0.05) is 23.1 Å². The highest BCUT2D eigenvalue weighted by Gasteiger charge is 2.12. The van der Waals surface area contributed by atoms with Crippen molar-refractivity contribution < 1.29 is 4.79 Å². The van der Waals surface area contributed by atoms with Gasteiger partial charge < -0.3 is 0 Å².